The number of nitrogens with one attached hydrogen (secondary N) is 1. The molecule has 5 nitrogen and oxygen atoms in total. The predicted octanol–water partition coefficient (Wildman–Crippen LogP) is 2.27. The molecular weight excluding hydrogens is 344 g/mol. The molecule has 0 bridgehead atoms. The van der Waals surface area contributed by atoms with Crippen LogP contribution in [0.15, 0.2) is 27.6 Å². The Morgan fingerprint density at radius 2 is 2.15 bits per heavy atom. The average Bonchev–Trinajstić information content (AvgIpc) is 2.25. The van der Waals surface area contributed by atoms with Crippen LogP contribution in [0.25, 0.3) is 0 Å². The lowest BCUT2D eigenvalue weighted by Gasteiger charge is -2.35. The van der Waals surface area contributed by atoms with Crippen LogP contribution < -0.4 is 10.5 Å². The Morgan fingerprint density at radius 1 is 1.45 bits per heavy atom. The summed E-state index contributed by atoms with van der Waals surface area (Å²) in [4.78, 5) is 0.116. The van der Waals surface area contributed by atoms with Crippen LogP contribution in [-0.4, -0.2) is 26.7 Å². The van der Waals surface area contributed by atoms with E-state index in [2.05, 4.69) is 20.7 Å². The molecule has 1 aliphatic heterocycles. The van der Waals surface area contributed by atoms with Crippen LogP contribution in [0.3, 0.4) is 0 Å². The Labute approximate surface area is 128 Å². The van der Waals surface area contributed by atoms with E-state index < -0.39 is 10.0 Å². The number of rotatable bonds is 3. The Balaban J connectivity index is 2.19. The van der Waals surface area contributed by atoms with E-state index in [1.165, 1.54) is 6.07 Å². The van der Waals surface area contributed by atoms with Crippen LogP contribution in [0.5, 0.6) is 0 Å². The highest BCUT2D eigenvalue weighted by atomic mass is 79.9. The molecule has 0 saturated carbocycles. The van der Waals surface area contributed by atoms with Gasteiger partial charge in [-0.2, -0.15) is 0 Å². The molecule has 3 N–H and O–H groups in total. The van der Waals surface area contributed by atoms with E-state index in [0.717, 1.165) is 4.47 Å². The molecule has 2 rings (SSSR count). The standard InChI is InChI=1S/C13H19BrN2O3S/c1-13(2)8-10(5-6-19-13)16-20(17,18)12-4-3-9(14)7-11(12)15/h3-4,7,10,16H,5-6,8,15H2,1-2H3. The van der Waals surface area contributed by atoms with Gasteiger partial charge in [0.25, 0.3) is 0 Å². The maximum atomic E-state index is 12.4. The number of nitrogens with two attached hydrogens (primary N) is 1. The number of ether oxygens (including phenoxy) is 1. The summed E-state index contributed by atoms with van der Waals surface area (Å²) >= 11 is 3.26. The van der Waals surface area contributed by atoms with Crippen LogP contribution >= 0.6 is 15.9 Å². The lowest BCUT2D eigenvalue weighted by molar-refractivity contribution is -0.0599. The van der Waals surface area contributed by atoms with Gasteiger partial charge in [-0.05, 0) is 44.9 Å². The van der Waals surface area contributed by atoms with E-state index in [0.29, 0.717) is 19.4 Å². The second-order valence-electron chi connectivity index (χ2n) is 5.60. The first-order valence-corrected chi connectivity index (χ1v) is 8.68. The van der Waals surface area contributed by atoms with Gasteiger partial charge in [0.05, 0.1) is 11.3 Å². The van der Waals surface area contributed by atoms with Crippen LogP contribution in [0.1, 0.15) is 26.7 Å². The third-order valence-electron chi connectivity index (χ3n) is 3.28. The molecule has 1 fully saturated rings. The third kappa shape index (κ3) is 3.72. The van der Waals surface area contributed by atoms with E-state index >= 15 is 0 Å². The highest BCUT2D eigenvalue weighted by Gasteiger charge is 2.32. The van der Waals surface area contributed by atoms with Crippen molar-refractivity contribution >= 4 is 31.6 Å². The Morgan fingerprint density at radius 3 is 2.75 bits per heavy atom. The average molecular weight is 363 g/mol. The zero-order chi connectivity index (χ0) is 15.0. The number of anilines is 1. The number of hydrogen-bond donors (Lipinski definition) is 2. The summed E-state index contributed by atoms with van der Waals surface area (Å²) in [5, 5.41) is 0. The zero-order valence-electron chi connectivity index (χ0n) is 11.5. The lowest BCUT2D eigenvalue weighted by Crippen LogP contribution is -2.45. The van der Waals surface area contributed by atoms with Gasteiger partial charge in [0.15, 0.2) is 0 Å². The maximum absolute atomic E-state index is 12.4. The van der Waals surface area contributed by atoms with Gasteiger partial charge >= 0.3 is 0 Å². The molecule has 7 heteroatoms. The van der Waals surface area contributed by atoms with E-state index in [1.54, 1.807) is 12.1 Å². The first kappa shape index (κ1) is 15.8. The molecule has 0 radical (unpaired) electrons. The fourth-order valence-electron chi connectivity index (χ4n) is 2.38. The zero-order valence-corrected chi connectivity index (χ0v) is 13.9. The molecule has 20 heavy (non-hydrogen) atoms. The molecule has 1 aliphatic rings. The summed E-state index contributed by atoms with van der Waals surface area (Å²) in [6, 6.07) is 4.62. The number of hydrogen-bond acceptors (Lipinski definition) is 4. The van der Waals surface area contributed by atoms with Gasteiger partial charge in [-0.1, -0.05) is 15.9 Å². The predicted molar refractivity (Wildman–Crippen MR) is 81.9 cm³/mol. The summed E-state index contributed by atoms with van der Waals surface area (Å²) in [6.07, 6.45) is 1.31. The fourth-order valence-corrected chi connectivity index (χ4v) is 4.14. The largest absolute Gasteiger partial charge is 0.398 e. The SMILES string of the molecule is CC1(C)CC(NS(=O)(=O)c2ccc(Br)cc2N)CCO1. The van der Waals surface area contributed by atoms with Crippen molar-refractivity contribution in [3.8, 4) is 0 Å². The molecule has 0 spiro atoms. The minimum atomic E-state index is -3.61. The maximum Gasteiger partial charge on any atom is 0.242 e. The minimum absolute atomic E-state index is 0.116. The summed E-state index contributed by atoms with van der Waals surface area (Å²) in [5.41, 5.74) is 5.72. The minimum Gasteiger partial charge on any atom is -0.398 e. The van der Waals surface area contributed by atoms with E-state index in [9.17, 15) is 8.42 Å². The van der Waals surface area contributed by atoms with Crippen molar-refractivity contribution in [3.63, 3.8) is 0 Å². The quantitative estimate of drug-likeness (QED) is 0.808. The first-order valence-electron chi connectivity index (χ1n) is 6.41. The van der Waals surface area contributed by atoms with Crippen LogP contribution in [0.2, 0.25) is 0 Å². The van der Waals surface area contributed by atoms with Crippen molar-refractivity contribution in [2.45, 2.75) is 43.2 Å². The molecule has 0 aliphatic carbocycles. The van der Waals surface area contributed by atoms with Crippen LogP contribution in [-0.2, 0) is 14.8 Å². The number of nitrogen functional groups attached to an aromatic ring is 1. The van der Waals surface area contributed by atoms with Crippen molar-refractivity contribution in [2.24, 2.45) is 0 Å². The van der Waals surface area contributed by atoms with Gasteiger partial charge < -0.3 is 10.5 Å². The van der Waals surface area contributed by atoms with E-state index in [-0.39, 0.29) is 22.2 Å². The number of sulfonamides is 1. The topological polar surface area (TPSA) is 81.4 Å². The first-order chi connectivity index (χ1) is 9.20. The normalized spacial score (nSPS) is 22.6. The summed E-state index contributed by atoms with van der Waals surface area (Å²) < 4.78 is 33.9. The second-order valence-corrected chi connectivity index (χ2v) is 8.20. The molecule has 0 aromatic heterocycles. The molecule has 1 unspecified atom stereocenters. The molecule has 1 aromatic carbocycles. The van der Waals surface area contributed by atoms with Gasteiger partial charge in [-0.25, -0.2) is 13.1 Å². The van der Waals surface area contributed by atoms with E-state index in [1.807, 2.05) is 13.8 Å². The summed E-state index contributed by atoms with van der Waals surface area (Å²) in [6.45, 7) is 4.47. The van der Waals surface area contributed by atoms with Crippen molar-refractivity contribution in [1.82, 2.24) is 4.72 Å². The van der Waals surface area contributed by atoms with Gasteiger partial charge in [0.2, 0.25) is 10.0 Å². The Bertz CT molecular complexity index is 602. The molecular formula is C13H19BrN2O3S. The van der Waals surface area contributed by atoms with Crippen LogP contribution in [0, 0.1) is 0 Å². The molecule has 1 atom stereocenters. The van der Waals surface area contributed by atoms with E-state index in [4.69, 9.17) is 10.5 Å². The van der Waals surface area contributed by atoms with Crippen molar-refractivity contribution in [2.75, 3.05) is 12.3 Å². The fraction of sp³-hybridized carbons (Fsp3) is 0.538. The lowest BCUT2D eigenvalue weighted by atomic mass is 9.95. The van der Waals surface area contributed by atoms with Crippen LogP contribution in [0.4, 0.5) is 5.69 Å². The van der Waals surface area contributed by atoms with Crippen molar-refractivity contribution in [1.29, 1.82) is 0 Å². The smallest absolute Gasteiger partial charge is 0.242 e. The number of halogens is 1. The Hall–Kier alpha value is -0.630. The monoisotopic (exact) mass is 362 g/mol. The highest BCUT2D eigenvalue weighted by Crippen LogP contribution is 2.27. The molecule has 112 valence electrons. The molecule has 1 aromatic rings. The van der Waals surface area contributed by atoms with Gasteiger partial charge in [0, 0.05) is 17.1 Å². The summed E-state index contributed by atoms with van der Waals surface area (Å²) in [7, 11) is -3.61. The van der Waals surface area contributed by atoms with Crippen molar-refractivity contribution in [3.05, 3.63) is 22.7 Å². The number of benzene rings is 1. The second kappa shape index (κ2) is 5.63. The summed E-state index contributed by atoms with van der Waals surface area (Å²) in [5.74, 6) is 0. The van der Waals surface area contributed by atoms with Gasteiger partial charge in [-0.15, -0.1) is 0 Å². The molecule has 1 saturated heterocycles. The molecule has 0 amide bonds. The van der Waals surface area contributed by atoms with Gasteiger partial charge in [-0.3, -0.25) is 0 Å². The Kier molecular flexibility index (Phi) is 4.44. The van der Waals surface area contributed by atoms with Crippen molar-refractivity contribution < 1.29 is 13.2 Å². The third-order valence-corrected chi connectivity index (χ3v) is 5.37. The van der Waals surface area contributed by atoms with Gasteiger partial charge in [0.1, 0.15) is 4.90 Å². The molecule has 1 heterocycles. The highest BCUT2D eigenvalue weighted by molar-refractivity contribution is 9.10.